The second-order valence-electron chi connectivity index (χ2n) is 6.99. The van der Waals surface area contributed by atoms with Gasteiger partial charge in [-0.1, -0.05) is 35.3 Å². The molecule has 1 aliphatic heterocycles. The second kappa shape index (κ2) is 10.2. The Kier molecular flexibility index (Phi) is 7.60. The van der Waals surface area contributed by atoms with Crippen LogP contribution in [0.25, 0.3) is 0 Å². The van der Waals surface area contributed by atoms with Crippen molar-refractivity contribution >= 4 is 63.9 Å². The molecule has 1 heterocycles. The molecule has 0 spiro atoms. The van der Waals surface area contributed by atoms with Crippen molar-refractivity contribution in [3.63, 3.8) is 0 Å². The van der Waals surface area contributed by atoms with Crippen LogP contribution in [0.1, 0.15) is 25.5 Å². The number of carbonyl (C=O) groups is 2. The van der Waals surface area contributed by atoms with Gasteiger partial charge in [-0.25, -0.2) is 9.59 Å². The van der Waals surface area contributed by atoms with Crippen LogP contribution in [-0.2, 0) is 9.53 Å². The molecule has 2 aromatic rings. The molecule has 1 unspecified atom stereocenters. The molecule has 0 aliphatic carbocycles. The lowest BCUT2D eigenvalue weighted by Gasteiger charge is -2.35. The predicted octanol–water partition coefficient (Wildman–Crippen LogP) is 5.34. The number of halogens is 2. The standard InChI is InChI=1S/C22H22Cl2N4O3S/c1-4-31-20(29)18-12(2)28(3)22(32)27-19(18)13-6-5-7-14(10-13)25-21(30)26-15-8-9-16(23)17(24)11-15/h5-11,19H,4H2,1-3H3,(H,27,32)(H2,25,26,30). The Morgan fingerprint density at radius 1 is 1.12 bits per heavy atom. The molecule has 0 aromatic heterocycles. The van der Waals surface area contributed by atoms with E-state index in [1.165, 1.54) is 0 Å². The number of ether oxygens (including phenoxy) is 1. The molecular formula is C22H22Cl2N4O3S. The van der Waals surface area contributed by atoms with E-state index in [9.17, 15) is 9.59 Å². The summed E-state index contributed by atoms with van der Waals surface area (Å²) >= 11 is 17.3. The van der Waals surface area contributed by atoms with Crippen molar-refractivity contribution in [2.45, 2.75) is 19.9 Å². The number of esters is 1. The minimum Gasteiger partial charge on any atom is -0.463 e. The van der Waals surface area contributed by atoms with E-state index in [1.54, 1.807) is 55.3 Å². The van der Waals surface area contributed by atoms with E-state index in [-0.39, 0.29) is 6.61 Å². The Hall–Kier alpha value is -2.81. The molecule has 3 rings (SSSR count). The Labute approximate surface area is 201 Å². The molecule has 32 heavy (non-hydrogen) atoms. The summed E-state index contributed by atoms with van der Waals surface area (Å²) in [5, 5.41) is 9.87. The van der Waals surface area contributed by atoms with Crippen LogP contribution >= 0.6 is 35.4 Å². The molecule has 0 bridgehead atoms. The van der Waals surface area contributed by atoms with Crippen LogP contribution in [0, 0.1) is 0 Å². The number of carbonyl (C=O) groups excluding carboxylic acids is 2. The van der Waals surface area contributed by atoms with Gasteiger partial charge in [0.25, 0.3) is 0 Å². The molecule has 1 atom stereocenters. The van der Waals surface area contributed by atoms with Crippen molar-refractivity contribution in [3.8, 4) is 0 Å². The van der Waals surface area contributed by atoms with E-state index in [4.69, 9.17) is 40.2 Å². The Bertz CT molecular complexity index is 1110. The Morgan fingerprint density at radius 3 is 2.47 bits per heavy atom. The highest BCUT2D eigenvalue weighted by Crippen LogP contribution is 2.32. The van der Waals surface area contributed by atoms with Crippen LogP contribution < -0.4 is 16.0 Å². The molecule has 0 saturated heterocycles. The third-order valence-electron chi connectivity index (χ3n) is 4.90. The van der Waals surface area contributed by atoms with Crippen molar-refractivity contribution in [1.29, 1.82) is 0 Å². The van der Waals surface area contributed by atoms with Gasteiger partial charge in [0, 0.05) is 24.1 Å². The summed E-state index contributed by atoms with van der Waals surface area (Å²) in [5.41, 5.74) is 2.94. The number of nitrogens with zero attached hydrogens (tertiary/aromatic N) is 1. The maximum atomic E-state index is 12.7. The van der Waals surface area contributed by atoms with Crippen LogP contribution in [-0.4, -0.2) is 35.7 Å². The van der Waals surface area contributed by atoms with Crippen LogP contribution in [0.2, 0.25) is 10.0 Å². The quantitative estimate of drug-likeness (QED) is 0.386. The first kappa shape index (κ1) is 23.8. The van der Waals surface area contributed by atoms with Crippen molar-refractivity contribution in [2.24, 2.45) is 0 Å². The van der Waals surface area contributed by atoms with Gasteiger partial charge in [-0.05, 0) is 62.0 Å². The first-order chi connectivity index (χ1) is 15.2. The van der Waals surface area contributed by atoms with Gasteiger partial charge in [0.15, 0.2) is 5.11 Å². The van der Waals surface area contributed by atoms with Crippen LogP contribution in [0.3, 0.4) is 0 Å². The SMILES string of the molecule is CCOC(=O)C1=C(C)N(C)C(=S)NC1c1cccc(NC(=O)Nc2ccc(Cl)c(Cl)c2)c1. The molecule has 1 aliphatic rings. The lowest BCUT2D eigenvalue weighted by molar-refractivity contribution is -0.139. The summed E-state index contributed by atoms with van der Waals surface area (Å²) in [6.45, 7) is 3.83. The largest absolute Gasteiger partial charge is 0.463 e. The fourth-order valence-electron chi connectivity index (χ4n) is 3.22. The number of urea groups is 1. The third-order valence-corrected chi connectivity index (χ3v) is 6.04. The summed E-state index contributed by atoms with van der Waals surface area (Å²) in [6.07, 6.45) is 0. The van der Waals surface area contributed by atoms with Crippen LogP contribution in [0.4, 0.5) is 16.2 Å². The molecular weight excluding hydrogens is 471 g/mol. The zero-order chi connectivity index (χ0) is 23.4. The summed E-state index contributed by atoms with van der Waals surface area (Å²) < 4.78 is 5.26. The number of rotatable bonds is 5. The zero-order valence-corrected chi connectivity index (χ0v) is 20.0. The van der Waals surface area contributed by atoms with Gasteiger partial charge in [-0.2, -0.15) is 0 Å². The molecule has 0 radical (unpaired) electrons. The van der Waals surface area contributed by atoms with Gasteiger partial charge in [-0.15, -0.1) is 0 Å². The monoisotopic (exact) mass is 492 g/mol. The normalized spacial score (nSPS) is 15.8. The van der Waals surface area contributed by atoms with Gasteiger partial charge in [0.2, 0.25) is 0 Å². The van der Waals surface area contributed by atoms with E-state index in [1.807, 2.05) is 13.0 Å². The van der Waals surface area contributed by atoms with Crippen molar-refractivity contribution in [3.05, 3.63) is 69.3 Å². The van der Waals surface area contributed by atoms with Gasteiger partial charge in [0.1, 0.15) is 0 Å². The molecule has 0 saturated carbocycles. The maximum Gasteiger partial charge on any atom is 0.338 e. The predicted molar refractivity (Wildman–Crippen MR) is 131 cm³/mol. The number of thiocarbonyl (C=S) groups is 1. The molecule has 0 fully saturated rings. The van der Waals surface area contributed by atoms with Gasteiger partial charge >= 0.3 is 12.0 Å². The number of hydrogen-bond donors (Lipinski definition) is 3. The van der Waals surface area contributed by atoms with Gasteiger partial charge < -0.3 is 25.6 Å². The Morgan fingerprint density at radius 2 is 1.81 bits per heavy atom. The second-order valence-corrected chi connectivity index (χ2v) is 8.20. The average molecular weight is 493 g/mol. The van der Waals surface area contributed by atoms with E-state index in [2.05, 4.69) is 16.0 Å². The zero-order valence-electron chi connectivity index (χ0n) is 17.7. The van der Waals surface area contributed by atoms with Crippen molar-refractivity contribution < 1.29 is 14.3 Å². The fourth-order valence-corrected chi connectivity index (χ4v) is 3.77. The number of allylic oxidation sites excluding steroid dienone is 1. The van der Waals surface area contributed by atoms with Gasteiger partial charge in [0.05, 0.1) is 28.3 Å². The summed E-state index contributed by atoms with van der Waals surface area (Å²) in [6, 6.07) is 11.0. The average Bonchev–Trinajstić information content (AvgIpc) is 2.74. The molecule has 7 nitrogen and oxygen atoms in total. The smallest absolute Gasteiger partial charge is 0.338 e. The summed E-state index contributed by atoms with van der Waals surface area (Å²) in [5.74, 6) is -0.424. The molecule has 10 heteroatoms. The molecule has 2 amide bonds. The first-order valence-corrected chi connectivity index (χ1v) is 10.9. The van der Waals surface area contributed by atoms with Crippen molar-refractivity contribution in [1.82, 2.24) is 10.2 Å². The minimum absolute atomic E-state index is 0.257. The highest BCUT2D eigenvalue weighted by atomic mass is 35.5. The number of nitrogens with one attached hydrogen (secondary N) is 3. The third kappa shape index (κ3) is 5.32. The van der Waals surface area contributed by atoms with E-state index in [0.717, 1.165) is 5.56 Å². The highest BCUT2D eigenvalue weighted by molar-refractivity contribution is 7.80. The lowest BCUT2D eigenvalue weighted by Crippen LogP contribution is -2.46. The topological polar surface area (TPSA) is 82.7 Å². The number of anilines is 2. The van der Waals surface area contributed by atoms with E-state index >= 15 is 0 Å². The van der Waals surface area contributed by atoms with E-state index in [0.29, 0.717) is 37.8 Å². The minimum atomic E-state index is -0.516. The number of amides is 2. The van der Waals surface area contributed by atoms with Crippen LogP contribution in [0.5, 0.6) is 0 Å². The molecule has 3 N–H and O–H groups in total. The maximum absolute atomic E-state index is 12.7. The van der Waals surface area contributed by atoms with Crippen molar-refractivity contribution in [2.75, 3.05) is 24.3 Å². The van der Waals surface area contributed by atoms with E-state index < -0.39 is 18.0 Å². The molecule has 168 valence electrons. The Balaban J connectivity index is 1.83. The fraction of sp³-hybridized carbons (Fsp3) is 0.227. The number of hydrogen-bond acceptors (Lipinski definition) is 4. The lowest BCUT2D eigenvalue weighted by atomic mass is 9.95. The first-order valence-electron chi connectivity index (χ1n) is 9.76. The highest BCUT2D eigenvalue weighted by Gasteiger charge is 2.33. The van der Waals surface area contributed by atoms with Gasteiger partial charge in [-0.3, -0.25) is 0 Å². The number of benzene rings is 2. The molecule has 2 aromatic carbocycles. The van der Waals surface area contributed by atoms with Crippen LogP contribution in [0.15, 0.2) is 53.7 Å². The summed E-state index contributed by atoms with van der Waals surface area (Å²) in [7, 11) is 1.78. The summed E-state index contributed by atoms with van der Waals surface area (Å²) in [4.78, 5) is 26.8.